The number of amides is 2. The molecular formula is C47H54N4O8S. The second-order valence-electron chi connectivity index (χ2n) is 15.5. The van der Waals surface area contributed by atoms with E-state index in [1.54, 1.807) is 30.3 Å². The first kappa shape index (κ1) is 43.8. The number of unbranched alkanes of at least 4 members (excludes halogenated alkanes) is 6. The summed E-state index contributed by atoms with van der Waals surface area (Å²) in [5.74, 6) is -0.450. The first-order valence-electron chi connectivity index (χ1n) is 20.4. The molecule has 4 aromatic carbocycles. The molecule has 4 aromatic rings. The summed E-state index contributed by atoms with van der Waals surface area (Å²) in [6.45, 7) is 0.565. The third kappa shape index (κ3) is 10.9. The Hall–Kier alpha value is -5.76. The molecule has 1 unspecified atom stereocenters. The van der Waals surface area contributed by atoms with E-state index in [0.29, 0.717) is 35.5 Å². The first-order valence-corrected chi connectivity index (χ1v) is 21.8. The predicted molar refractivity (Wildman–Crippen MR) is 235 cm³/mol. The van der Waals surface area contributed by atoms with Crippen molar-refractivity contribution in [3.63, 3.8) is 0 Å². The summed E-state index contributed by atoms with van der Waals surface area (Å²) in [6.07, 6.45) is 12.4. The number of anilines is 1. The topological polar surface area (TPSA) is 155 Å². The first-order chi connectivity index (χ1) is 28.8. The fourth-order valence-electron chi connectivity index (χ4n) is 7.31. The van der Waals surface area contributed by atoms with Crippen molar-refractivity contribution in [1.82, 2.24) is 15.5 Å². The molecule has 1 heterocycles. The monoisotopic (exact) mass is 834 g/mol. The van der Waals surface area contributed by atoms with Crippen LogP contribution in [-0.2, 0) is 19.1 Å². The van der Waals surface area contributed by atoms with Gasteiger partial charge in [-0.2, -0.15) is 8.42 Å². The van der Waals surface area contributed by atoms with Crippen LogP contribution in [0.25, 0.3) is 16.3 Å². The van der Waals surface area contributed by atoms with Crippen LogP contribution in [0, 0.1) is 0 Å². The van der Waals surface area contributed by atoms with Gasteiger partial charge in [0.2, 0.25) is 5.91 Å². The van der Waals surface area contributed by atoms with Crippen molar-refractivity contribution in [3.05, 3.63) is 131 Å². The zero-order valence-corrected chi connectivity index (χ0v) is 35.5. The van der Waals surface area contributed by atoms with Gasteiger partial charge in [0.1, 0.15) is 11.5 Å². The number of carboxylic acids is 1. The average molecular weight is 835 g/mol. The lowest BCUT2D eigenvalue weighted by Gasteiger charge is -2.31. The highest BCUT2D eigenvalue weighted by molar-refractivity contribution is 7.86. The van der Waals surface area contributed by atoms with Crippen LogP contribution in [0.5, 0.6) is 5.75 Å². The summed E-state index contributed by atoms with van der Waals surface area (Å²) < 4.78 is 36.9. The molecule has 0 saturated carbocycles. The Labute approximate surface area is 352 Å². The fraction of sp³-hybridized carbons (Fsp3) is 0.340. The zero-order chi connectivity index (χ0) is 42.8. The molecule has 0 spiro atoms. The Morgan fingerprint density at radius 1 is 0.783 bits per heavy atom. The van der Waals surface area contributed by atoms with Crippen molar-refractivity contribution in [2.24, 2.45) is 0 Å². The number of carboxylic acid groups (broad SMARTS) is 1. The number of fused-ring (bicyclic) bond motifs is 3. The van der Waals surface area contributed by atoms with Crippen LogP contribution in [0.1, 0.15) is 83.2 Å². The van der Waals surface area contributed by atoms with Crippen molar-refractivity contribution in [3.8, 4) is 5.75 Å². The molecule has 0 saturated heterocycles. The molecule has 6 rings (SSSR count). The van der Waals surface area contributed by atoms with Gasteiger partial charge in [0.25, 0.3) is 16.0 Å². The van der Waals surface area contributed by atoms with Crippen molar-refractivity contribution < 1.29 is 36.8 Å². The lowest BCUT2D eigenvalue weighted by Crippen LogP contribution is -2.34. The number of benzene rings is 4. The summed E-state index contributed by atoms with van der Waals surface area (Å²) in [7, 11) is 4.03. The smallest absolute Gasteiger partial charge is 0.336 e. The van der Waals surface area contributed by atoms with E-state index in [0.717, 1.165) is 66.1 Å². The minimum atomic E-state index is -3.80. The maximum absolute atomic E-state index is 13.2. The maximum atomic E-state index is 13.2. The van der Waals surface area contributed by atoms with E-state index in [1.165, 1.54) is 6.07 Å². The Morgan fingerprint density at radius 3 is 2.22 bits per heavy atom. The molecule has 0 radical (unpaired) electrons. The van der Waals surface area contributed by atoms with E-state index in [9.17, 15) is 27.9 Å². The summed E-state index contributed by atoms with van der Waals surface area (Å²) in [6, 6.07) is 23.1. The molecule has 12 nitrogen and oxygen atoms in total. The van der Waals surface area contributed by atoms with E-state index in [1.807, 2.05) is 93.8 Å². The van der Waals surface area contributed by atoms with Gasteiger partial charge in [-0.1, -0.05) is 80.7 Å². The summed E-state index contributed by atoms with van der Waals surface area (Å²) in [4.78, 5) is 42.5. The molecule has 60 heavy (non-hydrogen) atoms. The van der Waals surface area contributed by atoms with E-state index in [2.05, 4.69) is 15.5 Å². The molecule has 2 amide bonds. The van der Waals surface area contributed by atoms with Gasteiger partial charge in [0.15, 0.2) is 0 Å². The molecule has 1 atom stereocenters. The van der Waals surface area contributed by atoms with E-state index in [-0.39, 0.29) is 47.7 Å². The zero-order valence-electron chi connectivity index (χ0n) is 34.7. The molecular weight excluding hydrogens is 781 g/mol. The number of nitrogens with one attached hydrogen (secondary N) is 2. The third-order valence-corrected chi connectivity index (χ3v) is 12.0. The van der Waals surface area contributed by atoms with Crippen molar-refractivity contribution >= 4 is 49.9 Å². The number of allylic oxidation sites excluding steroid dienone is 1. The molecule has 1 aliphatic heterocycles. The number of hydrogen-bond acceptors (Lipinski definition) is 9. The second kappa shape index (κ2) is 20.0. The normalized spacial score (nSPS) is 14.6. The number of aromatic carboxylic acids is 1. The van der Waals surface area contributed by atoms with Crippen LogP contribution < -0.4 is 20.3 Å². The number of carbonyl (C=O) groups is 3. The predicted octanol–water partition coefficient (Wildman–Crippen LogP) is 7.55. The fourth-order valence-corrected chi connectivity index (χ4v) is 8.29. The van der Waals surface area contributed by atoms with Crippen LogP contribution in [0.2, 0.25) is 0 Å². The number of rotatable bonds is 20. The minimum absolute atomic E-state index is 0.00208. The van der Waals surface area contributed by atoms with Crippen molar-refractivity contribution in [2.75, 3.05) is 52.8 Å². The van der Waals surface area contributed by atoms with Gasteiger partial charge in [0, 0.05) is 73.7 Å². The number of nitrogens with zero attached hydrogens (tertiary/aromatic N) is 2. The Kier molecular flexibility index (Phi) is 14.6. The standard InChI is InChI=1S/C47H54N4O8S/c1-50(2)35-19-23-39-42(30-35)59-43-31-36(51(3)4)20-24-40(43)45(39)38-22-18-34(29-41(38)47(54)55)46(53)49-26-25-48-44(52)16-10-8-6-5-7-9-13-27-58-60(56,57)37-21-17-32-14-11-12-15-33(32)28-37/h11-12,14-15,17-24,28-31,35H,5-10,13,16,25-27H2,1-4H3,(H,48,52)(H,49,53)(H,54,55). The highest BCUT2D eigenvalue weighted by Crippen LogP contribution is 2.45. The summed E-state index contributed by atoms with van der Waals surface area (Å²) in [5, 5.41) is 17.8. The molecule has 0 aromatic heterocycles. The number of likely N-dealkylation sites (N-methyl/N-ethyl adjacent to an activating group) is 1. The van der Waals surface area contributed by atoms with Gasteiger partial charge in [-0.05, 0) is 85.7 Å². The SMILES string of the molecule is CN(C)c1ccc2c(c1)OC1=CC(N(C)C)C=CC1=C2c1ccc(C(=O)NCCNC(=O)CCCCCCCCCOS(=O)(=O)c2ccc3ccccc3c2)cc1C(=O)O. The molecule has 0 fully saturated rings. The number of ether oxygens (including phenoxy) is 1. The molecule has 13 heteroatoms. The van der Waals surface area contributed by atoms with Crippen LogP contribution >= 0.6 is 0 Å². The largest absolute Gasteiger partial charge is 0.478 e. The van der Waals surface area contributed by atoms with Gasteiger partial charge in [-0.25, -0.2) is 4.79 Å². The van der Waals surface area contributed by atoms with Gasteiger partial charge >= 0.3 is 5.97 Å². The van der Waals surface area contributed by atoms with E-state index in [4.69, 9.17) is 8.92 Å². The average Bonchev–Trinajstić information content (AvgIpc) is 3.23. The summed E-state index contributed by atoms with van der Waals surface area (Å²) in [5.41, 5.74) is 3.82. The number of hydrogen-bond donors (Lipinski definition) is 3. The van der Waals surface area contributed by atoms with Gasteiger partial charge in [-0.15, -0.1) is 0 Å². The highest BCUT2D eigenvalue weighted by atomic mass is 32.2. The van der Waals surface area contributed by atoms with Gasteiger partial charge in [0.05, 0.1) is 17.1 Å². The van der Waals surface area contributed by atoms with E-state index < -0.39 is 22.0 Å². The molecule has 0 bridgehead atoms. The lowest BCUT2D eigenvalue weighted by molar-refractivity contribution is -0.121. The Bertz CT molecular complexity index is 2440. The molecule has 3 N–H and O–H groups in total. The minimum Gasteiger partial charge on any atom is -0.478 e. The summed E-state index contributed by atoms with van der Waals surface area (Å²) >= 11 is 0. The Balaban J connectivity index is 0.919. The second-order valence-corrected chi connectivity index (χ2v) is 17.1. The van der Waals surface area contributed by atoms with Gasteiger partial charge < -0.3 is 25.4 Å². The van der Waals surface area contributed by atoms with Crippen molar-refractivity contribution in [2.45, 2.75) is 62.3 Å². The van der Waals surface area contributed by atoms with Crippen LogP contribution in [-0.4, -0.2) is 90.1 Å². The third-order valence-electron chi connectivity index (χ3n) is 10.7. The quantitative estimate of drug-likeness (QED) is 0.0601. The van der Waals surface area contributed by atoms with Crippen LogP contribution in [0.4, 0.5) is 5.69 Å². The number of carbonyl (C=O) groups excluding carboxylic acids is 2. The highest BCUT2D eigenvalue weighted by Gasteiger charge is 2.30. The molecule has 1 aliphatic carbocycles. The molecule has 316 valence electrons. The maximum Gasteiger partial charge on any atom is 0.336 e. The van der Waals surface area contributed by atoms with Crippen molar-refractivity contribution in [1.29, 1.82) is 0 Å². The van der Waals surface area contributed by atoms with E-state index >= 15 is 0 Å². The lowest BCUT2D eigenvalue weighted by atomic mass is 9.84. The van der Waals surface area contributed by atoms with Crippen LogP contribution in [0.3, 0.4) is 0 Å². The Morgan fingerprint density at radius 2 is 1.48 bits per heavy atom. The van der Waals surface area contributed by atoms with Gasteiger partial charge in [-0.3, -0.25) is 18.7 Å². The van der Waals surface area contributed by atoms with Crippen LogP contribution in [0.15, 0.2) is 113 Å². The molecule has 2 aliphatic rings.